The molecule has 12 nitrogen and oxygen atoms in total. The lowest BCUT2D eigenvalue weighted by Gasteiger charge is -2.23. The Morgan fingerprint density at radius 2 is 2.03 bits per heavy atom. The second-order valence-corrected chi connectivity index (χ2v) is 12.6. The second-order valence-electron chi connectivity index (χ2n) is 9.17. The van der Waals surface area contributed by atoms with Crippen molar-refractivity contribution in [2.75, 3.05) is 31.3 Å². The lowest BCUT2D eigenvalue weighted by atomic mass is 9.97. The lowest BCUT2D eigenvalue weighted by Crippen LogP contribution is -2.33. The molecule has 5 atom stereocenters. The molecule has 2 heterocycles. The highest BCUT2D eigenvalue weighted by atomic mass is 35.5. The second kappa shape index (κ2) is 13.5. The third-order valence-electron chi connectivity index (χ3n) is 5.67. The number of nitrogen functional groups attached to an aromatic ring is 1. The van der Waals surface area contributed by atoms with Crippen molar-refractivity contribution >= 4 is 42.0 Å². The third kappa shape index (κ3) is 8.10. The van der Waals surface area contributed by atoms with Crippen LogP contribution in [0, 0.1) is 5.41 Å². The van der Waals surface area contributed by atoms with Crippen LogP contribution in [0.15, 0.2) is 47.4 Å². The summed E-state index contributed by atoms with van der Waals surface area (Å²) < 4.78 is 31.5. The summed E-state index contributed by atoms with van der Waals surface area (Å²) in [5.41, 5.74) is 4.73. The first-order valence-electron chi connectivity index (χ1n) is 11.7. The average molecular weight is 591 g/mol. The predicted octanol–water partition coefficient (Wildman–Crippen LogP) is 1.90. The van der Waals surface area contributed by atoms with Crippen LogP contribution >= 0.6 is 31.1 Å². The van der Waals surface area contributed by atoms with Crippen molar-refractivity contribution in [1.82, 2.24) is 14.6 Å². The number of ether oxygens (including phenoxy) is 1. The number of anilines is 1. The van der Waals surface area contributed by atoms with E-state index in [2.05, 4.69) is 10.1 Å². The number of nitrogens with zero attached hydrogens (tertiary/aromatic N) is 2. The standard InChI is InChI=1S/C23H32ClN4O8PS/c1-23(2,14-29)21(31)38-11-10-34-37(33,26-12-15-6-4-3-5-7-15)35-13-16-19(30)18(24)20(36-16)28-9-8-17(25)27-22(28)32/h3-9,16,18-20,29-30H,10-14H2,1-2H3,(H,26,33)(H2,25,27,32). The van der Waals surface area contributed by atoms with Crippen LogP contribution < -0.4 is 16.5 Å². The van der Waals surface area contributed by atoms with E-state index in [0.717, 1.165) is 21.9 Å². The molecule has 5 unspecified atom stereocenters. The number of nitrogens with two attached hydrogens (primary N) is 1. The first-order chi connectivity index (χ1) is 18.0. The van der Waals surface area contributed by atoms with Crippen molar-refractivity contribution in [3.05, 3.63) is 58.6 Å². The van der Waals surface area contributed by atoms with E-state index in [1.54, 1.807) is 13.8 Å². The van der Waals surface area contributed by atoms with Crippen LogP contribution in [0.5, 0.6) is 0 Å². The Morgan fingerprint density at radius 1 is 1.32 bits per heavy atom. The smallest absolute Gasteiger partial charge is 0.395 e. The number of aromatic nitrogens is 2. The molecule has 0 aliphatic carbocycles. The summed E-state index contributed by atoms with van der Waals surface area (Å²) >= 11 is 7.27. The Hall–Kier alpha value is -1.80. The number of alkyl halides is 1. The van der Waals surface area contributed by atoms with E-state index in [4.69, 9.17) is 31.1 Å². The maximum atomic E-state index is 13.5. The molecule has 0 bridgehead atoms. The number of carbonyl (C=O) groups is 1. The van der Waals surface area contributed by atoms with Gasteiger partial charge in [-0.3, -0.25) is 18.4 Å². The van der Waals surface area contributed by atoms with E-state index in [1.807, 2.05) is 30.3 Å². The molecule has 1 aromatic heterocycles. The molecule has 1 fully saturated rings. The quantitative estimate of drug-likeness (QED) is 0.152. The van der Waals surface area contributed by atoms with Gasteiger partial charge in [-0.1, -0.05) is 42.1 Å². The van der Waals surface area contributed by atoms with Crippen molar-refractivity contribution in [3.63, 3.8) is 0 Å². The first kappa shape index (κ1) is 30.7. The fourth-order valence-electron chi connectivity index (χ4n) is 3.32. The molecule has 0 amide bonds. The molecular formula is C23H32ClN4O8PS. The molecule has 1 aliphatic rings. The summed E-state index contributed by atoms with van der Waals surface area (Å²) in [5.74, 6) is 0.197. The van der Waals surface area contributed by atoms with Crippen molar-refractivity contribution < 1.29 is 33.4 Å². The van der Waals surface area contributed by atoms with Gasteiger partial charge in [0.15, 0.2) is 11.3 Å². The molecule has 0 spiro atoms. The molecule has 0 radical (unpaired) electrons. The summed E-state index contributed by atoms with van der Waals surface area (Å²) in [5, 5.41) is 21.5. The molecule has 3 rings (SSSR count). The van der Waals surface area contributed by atoms with Gasteiger partial charge in [-0.2, -0.15) is 4.98 Å². The van der Waals surface area contributed by atoms with Gasteiger partial charge in [-0.05, 0) is 25.5 Å². The van der Waals surface area contributed by atoms with E-state index in [-0.39, 0.29) is 43.1 Å². The zero-order valence-electron chi connectivity index (χ0n) is 20.9. The van der Waals surface area contributed by atoms with Gasteiger partial charge in [-0.15, -0.1) is 11.6 Å². The molecule has 1 aliphatic heterocycles. The Bertz CT molecular complexity index is 1190. The number of aliphatic hydroxyl groups excluding tert-OH is 2. The number of nitrogens with one attached hydrogen (secondary N) is 1. The zero-order valence-corrected chi connectivity index (χ0v) is 23.4. The van der Waals surface area contributed by atoms with E-state index in [9.17, 15) is 24.4 Å². The van der Waals surface area contributed by atoms with Crippen molar-refractivity contribution in [3.8, 4) is 0 Å². The Morgan fingerprint density at radius 3 is 2.68 bits per heavy atom. The van der Waals surface area contributed by atoms with Gasteiger partial charge in [0.2, 0.25) is 0 Å². The molecule has 2 aromatic rings. The molecule has 0 saturated carbocycles. The average Bonchev–Trinajstić information content (AvgIpc) is 3.18. The maximum absolute atomic E-state index is 13.5. The van der Waals surface area contributed by atoms with Crippen molar-refractivity contribution in [1.29, 1.82) is 0 Å². The van der Waals surface area contributed by atoms with E-state index >= 15 is 0 Å². The highest BCUT2D eigenvalue weighted by Crippen LogP contribution is 2.45. The van der Waals surface area contributed by atoms with Crippen LogP contribution in [0.2, 0.25) is 0 Å². The summed E-state index contributed by atoms with van der Waals surface area (Å²) in [6, 6.07) is 10.5. The van der Waals surface area contributed by atoms with E-state index in [1.165, 1.54) is 12.3 Å². The van der Waals surface area contributed by atoms with Gasteiger partial charge in [0, 0.05) is 18.5 Å². The number of thioether (sulfide) groups is 1. The van der Waals surface area contributed by atoms with Crippen LogP contribution in [-0.2, 0) is 29.7 Å². The zero-order chi connectivity index (χ0) is 27.9. The number of hydrogen-bond acceptors (Lipinski definition) is 11. The highest BCUT2D eigenvalue weighted by molar-refractivity contribution is 8.13. The normalized spacial score (nSPS) is 23.3. The van der Waals surface area contributed by atoms with Crippen LogP contribution in [0.1, 0.15) is 25.6 Å². The molecule has 1 aromatic carbocycles. The maximum Gasteiger partial charge on any atom is 0.405 e. The number of hydrogen-bond donors (Lipinski definition) is 4. The summed E-state index contributed by atoms with van der Waals surface area (Å²) in [6.45, 7) is 2.63. The van der Waals surface area contributed by atoms with Gasteiger partial charge in [-0.25, -0.2) is 14.4 Å². The van der Waals surface area contributed by atoms with Crippen LogP contribution in [0.25, 0.3) is 0 Å². The Labute approximate surface area is 229 Å². The Balaban J connectivity index is 1.64. The number of benzene rings is 1. The van der Waals surface area contributed by atoms with Crippen molar-refractivity contribution in [2.45, 2.75) is 44.2 Å². The molecular weight excluding hydrogens is 559 g/mol. The van der Waals surface area contributed by atoms with Gasteiger partial charge in [0.1, 0.15) is 23.4 Å². The molecule has 210 valence electrons. The third-order valence-corrected chi connectivity index (χ3v) is 8.89. The topological polar surface area (TPSA) is 175 Å². The van der Waals surface area contributed by atoms with Crippen molar-refractivity contribution in [2.24, 2.45) is 5.41 Å². The minimum Gasteiger partial charge on any atom is -0.395 e. The summed E-state index contributed by atoms with van der Waals surface area (Å²) in [7, 11) is -3.95. The largest absolute Gasteiger partial charge is 0.405 e. The lowest BCUT2D eigenvalue weighted by molar-refractivity contribution is -0.119. The SMILES string of the molecule is CC(C)(CO)C(=O)SCCOP(=O)(NCc1ccccc1)OCC1OC(n2ccc(N)nc2=O)C(Cl)C1O. The monoisotopic (exact) mass is 590 g/mol. The van der Waals surface area contributed by atoms with Crippen LogP contribution in [-0.4, -0.2) is 68.0 Å². The van der Waals surface area contributed by atoms with E-state index in [0.29, 0.717) is 0 Å². The van der Waals surface area contributed by atoms with Crippen LogP contribution in [0.3, 0.4) is 0 Å². The molecule has 5 N–H and O–H groups in total. The fraction of sp³-hybridized carbons (Fsp3) is 0.522. The first-order valence-corrected chi connectivity index (χ1v) is 14.7. The van der Waals surface area contributed by atoms with Gasteiger partial charge >= 0.3 is 13.4 Å². The number of halogens is 1. The van der Waals surface area contributed by atoms with Crippen LogP contribution in [0.4, 0.5) is 5.82 Å². The predicted molar refractivity (Wildman–Crippen MR) is 144 cm³/mol. The minimum atomic E-state index is -3.95. The minimum absolute atomic E-state index is 0.0261. The van der Waals surface area contributed by atoms with Gasteiger partial charge in [0.25, 0.3) is 0 Å². The molecule has 1 saturated heterocycles. The summed E-state index contributed by atoms with van der Waals surface area (Å²) in [4.78, 5) is 28.1. The number of carbonyl (C=O) groups excluding carboxylic acids is 1. The highest BCUT2D eigenvalue weighted by Gasteiger charge is 2.45. The molecule has 38 heavy (non-hydrogen) atoms. The van der Waals surface area contributed by atoms with Gasteiger partial charge < -0.3 is 20.7 Å². The fourth-order valence-corrected chi connectivity index (χ4v) is 5.90. The Kier molecular flexibility index (Phi) is 10.9. The summed E-state index contributed by atoms with van der Waals surface area (Å²) in [6.07, 6.45) is -2.00. The number of rotatable bonds is 13. The van der Waals surface area contributed by atoms with E-state index < -0.39 is 42.7 Å². The van der Waals surface area contributed by atoms with Gasteiger partial charge in [0.05, 0.1) is 25.2 Å². The molecule has 15 heteroatoms. The number of aliphatic hydroxyl groups is 2.